The van der Waals surface area contributed by atoms with Crippen LogP contribution < -0.4 is 0 Å². The van der Waals surface area contributed by atoms with E-state index in [9.17, 15) is 0 Å². The third kappa shape index (κ3) is 105. The van der Waals surface area contributed by atoms with E-state index in [0.717, 1.165) is 77.0 Å². The van der Waals surface area contributed by atoms with Gasteiger partial charge >= 0.3 is 21.1 Å². The van der Waals surface area contributed by atoms with Crippen LogP contribution in [0.2, 0.25) is 0 Å². The quantitative estimate of drug-likeness (QED) is 0.0249. The van der Waals surface area contributed by atoms with Crippen molar-refractivity contribution in [1.82, 2.24) is 0 Å². The van der Waals surface area contributed by atoms with Crippen LogP contribution in [0.4, 0.5) is 0 Å². The molecule has 0 N–H and O–H groups in total. The monoisotopic (exact) mass is 1710 g/mol. The van der Waals surface area contributed by atoms with Crippen molar-refractivity contribution in [3.8, 4) is 0 Å². The van der Waals surface area contributed by atoms with Gasteiger partial charge in [0, 0.05) is 0 Å². The van der Waals surface area contributed by atoms with Gasteiger partial charge in [-0.2, -0.15) is 0 Å². The third-order valence-electron chi connectivity index (χ3n) is 12.0. The van der Waals surface area contributed by atoms with Gasteiger partial charge in [-0.1, -0.05) is 308 Å². The van der Waals surface area contributed by atoms with E-state index in [-0.39, 0.29) is 21.1 Å². The fourth-order valence-corrected chi connectivity index (χ4v) is 16.6. The van der Waals surface area contributed by atoms with E-state index >= 15 is 0 Å². The van der Waals surface area contributed by atoms with E-state index in [1.54, 1.807) is 0 Å². The normalized spacial score (nSPS) is 11.8. The molecule has 0 spiro atoms. The maximum atomic E-state index is 5.43. The SMILES string of the molecule is CCCCCOP(=S)([S-])OCCCCC.CCCCCOP(=S)([S-])OCCCCC.CCCCCOP(=S)([S-])OCCCCC.CCCCCOP(=S)([S-])OCCCCC.CCCCCOP(=S)([S-])OCCCCC.CCCCCOP(=S)([S-])OCCCCC.[Mo+6]. The summed E-state index contributed by atoms with van der Waals surface area (Å²) < 4.78 is 65.2. The van der Waals surface area contributed by atoms with Gasteiger partial charge in [0.25, 0.3) is 0 Å². The fraction of sp³-hybridized carbons (Fsp3) is 1.00. The van der Waals surface area contributed by atoms with Crippen LogP contribution in [0.3, 0.4) is 0 Å². The zero-order chi connectivity index (χ0) is 69.4. The second kappa shape index (κ2) is 83.5. The molecule has 0 aliphatic carbocycles. The summed E-state index contributed by atoms with van der Waals surface area (Å²) >= 11 is 61.5. The topological polar surface area (TPSA) is 111 Å². The predicted molar refractivity (Wildman–Crippen MR) is 436 cm³/mol. The van der Waals surface area contributed by atoms with Crippen LogP contribution >= 0.6 is 34.2 Å². The Hall–Kier alpha value is 6.21. The molecule has 31 heteroatoms. The molecule has 0 saturated carbocycles. The molecule has 0 aromatic carbocycles. The molecule has 0 amide bonds. The van der Waals surface area contributed by atoms with Crippen LogP contribution in [-0.4, -0.2) is 79.3 Å². The molecule has 0 radical (unpaired) electrons. The predicted octanol–water partition coefficient (Wildman–Crippen LogP) is 25.0. The van der Waals surface area contributed by atoms with Gasteiger partial charge in [0.1, 0.15) is 0 Å². The standard InChI is InChI=1S/6C10H23O2PS2.Mo/c6*1-3-5-7-9-11-13(14,15)12-10-8-6-4-2;/h6*3-10H2,1-2H3,(H,14,15);/q;;;;;;+6/p-6. The summed E-state index contributed by atoms with van der Waals surface area (Å²) in [7, 11) is 0. The first-order valence-corrected chi connectivity index (χ1v) is 56.2. The van der Waals surface area contributed by atoms with Gasteiger partial charge in [-0.15, -0.1) is 0 Å². The van der Waals surface area contributed by atoms with Crippen LogP contribution in [0.5, 0.6) is 0 Å². The van der Waals surface area contributed by atoms with Crippen LogP contribution in [0.15, 0.2) is 0 Å². The van der Waals surface area contributed by atoms with Crippen molar-refractivity contribution >= 4 is 178 Å². The van der Waals surface area contributed by atoms with Crippen LogP contribution in [0.25, 0.3) is 0 Å². The minimum atomic E-state index is -2.36. The number of hydrogen-bond acceptors (Lipinski definition) is 24. The van der Waals surface area contributed by atoms with E-state index in [1.807, 2.05) is 0 Å². The second-order valence-corrected chi connectivity index (χ2v) is 51.1. The van der Waals surface area contributed by atoms with Gasteiger partial charge in [-0.25, -0.2) is 0 Å². The van der Waals surface area contributed by atoms with E-state index < -0.39 is 34.2 Å². The molecule has 0 atom stereocenters. The minimum absolute atomic E-state index is 0. The first-order valence-electron chi connectivity index (χ1n) is 34.3. The molecular formula is C60H132MoO12P6S12. The Morgan fingerprint density at radius 2 is 0.231 bits per heavy atom. The first-order chi connectivity index (χ1) is 42.7. The Labute approximate surface area is 640 Å². The molecule has 0 bridgehead atoms. The molecular weight excluding hydrogens is 1580 g/mol. The summed E-state index contributed by atoms with van der Waals surface area (Å²) in [6.07, 6.45) is 40.6. The van der Waals surface area contributed by atoms with Crippen molar-refractivity contribution in [3.63, 3.8) is 0 Å². The molecule has 0 heterocycles. The molecule has 0 aromatic heterocycles. The molecule has 0 aromatic rings. The zero-order valence-electron chi connectivity index (χ0n) is 58.8. The molecule has 0 aliphatic heterocycles. The number of rotatable bonds is 60. The Kier molecular flexibility index (Phi) is 101. The Morgan fingerprint density at radius 1 is 0.165 bits per heavy atom. The van der Waals surface area contributed by atoms with Gasteiger partial charge in [-0.3, -0.25) is 0 Å². The molecule has 0 unspecified atom stereocenters. The first kappa shape index (κ1) is 111. The number of unbranched alkanes of at least 4 members (excludes halogenated alkanes) is 24. The maximum Gasteiger partial charge on any atom is 6.00 e. The van der Waals surface area contributed by atoms with E-state index in [4.69, 9.17) is 199 Å². The second-order valence-electron chi connectivity index (χ2n) is 21.2. The molecule has 0 aliphatic rings. The Balaban J connectivity index is -0.000000186. The fourth-order valence-electron chi connectivity index (χ4n) is 6.56. The molecule has 0 fully saturated rings. The Morgan fingerprint density at radius 3 is 0.286 bits per heavy atom. The molecule has 91 heavy (non-hydrogen) atoms. The van der Waals surface area contributed by atoms with E-state index in [0.29, 0.717) is 79.3 Å². The largest absolute Gasteiger partial charge is 6.00 e. The Bertz CT molecular complexity index is 1350. The van der Waals surface area contributed by atoms with Crippen LogP contribution in [0, 0.1) is 0 Å². The van der Waals surface area contributed by atoms with Crippen molar-refractivity contribution in [1.29, 1.82) is 0 Å². The van der Waals surface area contributed by atoms with E-state index in [1.165, 1.54) is 154 Å². The summed E-state index contributed by atoms with van der Waals surface area (Å²) in [4.78, 5) is 0. The summed E-state index contributed by atoms with van der Waals surface area (Å²) in [5.74, 6) is 0. The van der Waals surface area contributed by atoms with Crippen molar-refractivity contribution in [2.24, 2.45) is 0 Å². The van der Waals surface area contributed by atoms with Gasteiger partial charge in [0.2, 0.25) is 0 Å². The molecule has 0 rings (SSSR count). The smallest absolute Gasteiger partial charge is 0.691 e. The average molecular weight is 1710 g/mol. The average Bonchev–Trinajstić information content (AvgIpc) is 3.61. The van der Waals surface area contributed by atoms with E-state index in [2.05, 4.69) is 83.1 Å². The molecule has 552 valence electrons. The third-order valence-corrected chi connectivity index (χ3v) is 25.5. The summed E-state index contributed by atoms with van der Waals surface area (Å²) in [5, 5.41) is 0. The van der Waals surface area contributed by atoms with Crippen molar-refractivity contribution in [3.05, 3.63) is 0 Å². The summed E-state index contributed by atoms with van der Waals surface area (Å²) in [5.41, 5.74) is -14.1. The van der Waals surface area contributed by atoms with Crippen LogP contribution in [0.1, 0.15) is 314 Å². The number of hydrogen-bond donors (Lipinski definition) is 0. The van der Waals surface area contributed by atoms with Crippen LogP contribution in [-0.2, 0) is 220 Å². The van der Waals surface area contributed by atoms with Gasteiger partial charge in [0.15, 0.2) is 0 Å². The maximum absolute atomic E-state index is 5.43. The minimum Gasteiger partial charge on any atom is -0.691 e. The summed E-state index contributed by atoms with van der Waals surface area (Å²) in [6, 6.07) is 0. The van der Waals surface area contributed by atoms with Gasteiger partial charge < -0.3 is 128 Å². The van der Waals surface area contributed by atoms with Crippen molar-refractivity contribution in [2.45, 2.75) is 314 Å². The summed E-state index contributed by atoms with van der Waals surface area (Å²) in [6.45, 7) is 33.8. The molecule has 12 nitrogen and oxygen atoms in total. The zero-order valence-corrected chi connectivity index (χ0v) is 76.0. The molecule has 0 saturated heterocycles. The van der Waals surface area contributed by atoms with Crippen molar-refractivity contribution in [2.75, 3.05) is 79.3 Å². The van der Waals surface area contributed by atoms with Gasteiger partial charge in [0.05, 0.1) is 113 Å². The van der Waals surface area contributed by atoms with Gasteiger partial charge in [-0.05, 0) is 77.0 Å². The van der Waals surface area contributed by atoms with Crippen molar-refractivity contribution < 1.29 is 75.4 Å².